The summed E-state index contributed by atoms with van der Waals surface area (Å²) in [6.07, 6.45) is 0. The van der Waals surface area contributed by atoms with Gasteiger partial charge in [0.1, 0.15) is 0 Å². The van der Waals surface area contributed by atoms with Crippen molar-refractivity contribution in [2.45, 2.75) is 13.8 Å². The first kappa shape index (κ1) is 17.1. The van der Waals surface area contributed by atoms with Gasteiger partial charge in [-0.3, -0.25) is 0 Å². The van der Waals surface area contributed by atoms with Crippen LogP contribution in [0.5, 0.6) is 0 Å². The third-order valence-electron chi connectivity index (χ3n) is 3.54. The maximum atomic E-state index is 8.46. The third kappa shape index (κ3) is 4.59. The number of hydrogen-bond donors (Lipinski definition) is 1. The molecule has 1 N–H and O–H groups in total. The smallest absolute Gasteiger partial charge is 0.310 e. The molecule has 0 bridgehead atoms. The van der Waals surface area contributed by atoms with E-state index in [1.54, 1.807) is 0 Å². The maximum absolute atomic E-state index is 8.46. The van der Waals surface area contributed by atoms with Crippen molar-refractivity contribution in [3.63, 3.8) is 0 Å². The van der Waals surface area contributed by atoms with Crippen LogP contribution in [0.3, 0.4) is 0 Å². The van der Waals surface area contributed by atoms with Crippen LogP contribution in [0.25, 0.3) is 22.3 Å². The second-order valence-corrected chi connectivity index (χ2v) is 5.53. The van der Waals surface area contributed by atoms with Crippen LogP contribution >= 0.6 is 8.69 Å². The van der Waals surface area contributed by atoms with Gasteiger partial charge in [0.05, 0.1) is 0 Å². The van der Waals surface area contributed by atoms with Crippen molar-refractivity contribution in [1.29, 1.82) is 0 Å². The van der Waals surface area contributed by atoms with Crippen molar-refractivity contribution < 1.29 is 9.46 Å². The topological polar surface area (TPSA) is 37.3 Å². The normalized spacial score (nSPS) is 10.0. The summed E-state index contributed by atoms with van der Waals surface area (Å²) in [7, 11) is -0.833. The molecule has 3 heteroatoms. The number of benzene rings is 3. The molecule has 0 aliphatic rings. The monoisotopic (exact) mass is 322 g/mol. The summed E-state index contributed by atoms with van der Waals surface area (Å²) < 4.78 is 8.46. The summed E-state index contributed by atoms with van der Waals surface area (Å²) in [5, 5.41) is 0. The highest BCUT2D eigenvalue weighted by molar-refractivity contribution is 7.16. The van der Waals surface area contributed by atoms with E-state index in [-0.39, 0.29) is 0 Å². The Kier molecular flexibility index (Phi) is 6.22. The van der Waals surface area contributed by atoms with Crippen LogP contribution in [0.1, 0.15) is 11.1 Å². The SMILES string of the molecule is Cc1cc(C)cc(-c2ccccc2-c2ccccc2)c1.O=PO. The van der Waals surface area contributed by atoms with Gasteiger partial charge >= 0.3 is 8.69 Å². The molecule has 0 aromatic heterocycles. The van der Waals surface area contributed by atoms with Gasteiger partial charge in [0.15, 0.2) is 0 Å². The Morgan fingerprint density at radius 3 is 1.65 bits per heavy atom. The van der Waals surface area contributed by atoms with E-state index in [1.807, 2.05) is 0 Å². The number of aryl methyl sites for hydroxylation is 2. The Hall–Kier alpha value is -2.28. The summed E-state index contributed by atoms with van der Waals surface area (Å²) in [6, 6.07) is 25.9. The van der Waals surface area contributed by atoms with Gasteiger partial charge in [-0.1, -0.05) is 83.9 Å². The van der Waals surface area contributed by atoms with Gasteiger partial charge < -0.3 is 4.89 Å². The van der Waals surface area contributed by atoms with E-state index < -0.39 is 8.69 Å². The minimum atomic E-state index is -0.833. The highest BCUT2D eigenvalue weighted by Crippen LogP contribution is 2.32. The average molecular weight is 322 g/mol. The lowest BCUT2D eigenvalue weighted by Gasteiger charge is -2.11. The summed E-state index contributed by atoms with van der Waals surface area (Å²) in [4.78, 5) is 6.99. The molecular weight excluding hydrogens is 303 g/mol. The molecule has 0 saturated carbocycles. The predicted octanol–water partition coefficient (Wildman–Crippen LogP) is 5.82. The molecule has 2 nitrogen and oxygen atoms in total. The Morgan fingerprint density at radius 1 is 0.696 bits per heavy atom. The lowest BCUT2D eigenvalue weighted by atomic mass is 9.93. The average Bonchev–Trinajstić information content (AvgIpc) is 2.55. The van der Waals surface area contributed by atoms with Crippen LogP contribution in [-0.2, 0) is 4.57 Å². The van der Waals surface area contributed by atoms with Crippen LogP contribution in [-0.4, -0.2) is 4.89 Å². The first-order valence-corrected chi connectivity index (χ1v) is 8.12. The maximum Gasteiger partial charge on any atom is 0.324 e. The molecule has 0 radical (unpaired) electrons. The van der Waals surface area contributed by atoms with Gasteiger partial charge in [-0.25, -0.2) is 4.57 Å². The molecule has 0 fully saturated rings. The van der Waals surface area contributed by atoms with E-state index in [9.17, 15) is 0 Å². The van der Waals surface area contributed by atoms with E-state index >= 15 is 0 Å². The Labute approximate surface area is 138 Å². The molecule has 23 heavy (non-hydrogen) atoms. The molecular formula is C20H19O2P. The molecule has 3 aromatic rings. The molecule has 3 rings (SSSR count). The minimum absolute atomic E-state index is 0.833. The molecule has 0 amide bonds. The molecule has 0 aliphatic heterocycles. The van der Waals surface area contributed by atoms with Gasteiger partial charge in [-0.05, 0) is 36.1 Å². The van der Waals surface area contributed by atoms with E-state index in [0.717, 1.165) is 0 Å². The fraction of sp³-hybridized carbons (Fsp3) is 0.100. The van der Waals surface area contributed by atoms with Crippen LogP contribution in [0, 0.1) is 13.8 Å². The zero-order valence-corrected chi connectivity index (χ0v) is 14.1. The quantitative estimate of drug-likeness (QED) is 0.603. The summed E-state index contributed by atoms with van der Waals surface area (Å²) in [6.45, 7) is 4.31. The van der Waals surface area contributed by atoms with E-state index in [0.29, 0.717) is 0 Å². The molecule has 0 heterocycles. The molecule has 0 spiro atoms. The van der Waals surface area contributed by atoms with Crippen LogP contribution < -0.4 is 0 Å². The van der Waals surface area contributed by atoms with Crippen LogP contribution in [0.4, 0.5) is 0 Å². The molecule has 116 valence electrons. The lowest BCUT2D eigenvalue weighted by Crippen LogP contribution is -1.87. The molecule has 3 aromatic carbocycles. The first-order chi connectivity index (χ1) is 11.2. The zero-order chi connectivity index (χ0) is 16.7. The second kappa shape index (κ2) is 8.38. The van der Waals surface area contributed by atoms with Crippen LogP contribution in [0.15, 0.2) is 72.8 Å². The fourth-order valence-electron chi connectivity index (χ4n) is 2.73. The van der Waals surface area contributed by atoms with Gasteiger partial charge in [0.2, 0.25) is 0 Å². The van der Waals surface area contributed by atoms with Crippen molar-refractivity contribution >= 4 is 8.69 Å². The number of hydrogen-bond acceptors (Lipinski definition) is 1. The second-order valence-electron chi connectivity index (χ2n) is 5.37. The highest BCUT2D eigenvalue weighted by Gasteiger charge is 2.07. The lowest BCUT2D eigenvalue weighted by molar-refractivity contribution is 0.524. The first-order valence-electron chi connectivity index (χ1n) is 7.35. The number of rotatable bonds is 2. The molecule has 0 aliphatic carbocycles. The van der Waals surface area contributed by atoms with E-state index in [2.05, 4.69) is 86.6 Å². The van der Waals surface area contributed by atoms with Crippen molar-refractivity contribution in [3.05, 3.63) is 83.9 Å². The Bertz CT molecular complexity index is 762. The Morgan fingerprint density at radius 2 is 1.13 bits per heavy atom. The molecule has 0 saturated heterocycles. The summed E-state index contributed by atoms with van der Waals surface area (Å²) >= 11 is 0. The highest BCUT2D eigenvalue weighted by atomic mass is 31.1. The molecule has 0 atom stereocenters. The zero-order valence-electron chi connectivity index (χ0n) is 13.2. The largest absolute Gasteiger partial charge is 0.324 e. The van der Waals surface area contributed by atoms with Crippen molar-refractivity contribution in [1.82, 2.24) is 0 Å². The van der Waals surface area contributed by atoms with Crippen molar-refractivity contribution in [2.24, 2.45) is 0 Å². The van der Waals surface area contributed by atoms with Gasteiger partial charge in [-0.15, -0.1) is 0 Å². The fourth-order valence-corrected chi connectivity index (χ4v) is 2.73. The van der Waals surface area contributed by atoms with Gasteiger partial charge in [0, 0.05) is 0 Å². The summed E-state index contributed by atoms with van der Waals surface area (Å²) in [5.74, 6) is 0. The minimum Gasteiger partial charge on any atom is -0.310 e. The van der Waals surface area contributed by atoms with Crippen molar-refractivity contribution in [3.8, 4) is 22.3 Å². The van der Waals surface area contributed by atoms with E-state index in [4.69, 9.17) is 9.46 Å². The van der Waals surface area contributed by atoms with Gasteiger partial charge in [-0.2, -0.15) is 0 Å². The standard InChI is InChI=1S/C20H18.HO2P/c1-15-12-16(2)14-18(13-15)20-11-7-6-10-19(20)17-8-4-3-5-9-17;1-3-2/h3-14H,1-2H3;(H,1,2). The molecule has 0 unspecified atom stereocenters. The van der Waals surface area contributed by atoms with E-state index in [1.165, 1.54) is 33.4 Å². The van der Waals surface area contributed by atoms with Crippen molar-refractivity contribution in [2.75, 3.05) is 0 Å². The third-order valence-corrected chi connectivity index (χ3v) is 3.54. The summed E-state index contributed by atoms with van der Waals surface area (Å²) in [5.41, 5.74) is 7.76. The predicted molar refractivity (Wildman–Crippen MR) is 96.6 cm³/mol. The van der Waals surface area contributed by atoms with Gasteiger partial charge in [0.25, 0.3) is 0 Å². The van der Waals surface area contributed by atoms with Crippen LogP contribution in [0.2, 0.25) is 0 Å². The Balaban J connectivity index is 0.000000595.